The van der Waals surface area contributed by atoms with Crippen molar-refractivity contribution in [1.29, 1.82) is 0 Å². The van der Waals surface area contributed by atoms with E-state index >= 15 is 0 Å². The summed E-state index contributed by atoms with van der Waals surface area (Å²) in [5, 5.41) is 9.60. The molecule has 0 amide bonds. The Hall–Kier alpha value is -2.97. The molecule has 0 aliphatic carbocycles. The Morgan fingerprint density at radius 2 is 1.04 bits per heavy atom. The summed E-state index contributed by atoms with van der Waals surface area (Å²) in [6.45, 7) is 4.54. The molecule has 0 saturated carbocycles. The Labute approximate surface area is 337 Å². The van der Waals surface area contributed by atoms with E-state index in [0.29, 0.717) is 25.7 Å². The van der Waals surface area contributed by atoms with Gasteiger partial charge in [0, 0.05) is 19.3 Å². The second-order valence-electron chi connectivity index (χ2n) is 15.6. The van der Waals surface area contributed by atoms with E-state index in [1.54, 1.807) is 0 Å². The third-order valence-corrected chi connectivity index (χ3v) is 9.40. The maximum absolute atomic E-state index is 12.7. The molecule has 8 nitrogen and oxygen atoms in total. The Morgan fingerprint density at radius 1 is 0.564 bits per heavy atom. The van der Waals surface area contributed by atoms with Crippen molar-refractivity contribution in [3.8, 4) is 0 Å². The number of nitrogens with zero attached hydrogens (tertiary/aromatic N) is 1. The largest absolute Gasteiger partial charge is 0.477 e. The second kappa shape index (κ2) is 37.9. The summed E-state index contributed by atoms with van der Waals surface area (Å²) in [5.74, 6) is -1.52. The Morgan fingerprint density at radius 3 is 1.58 bits per heavy atom. The molecule has 0 aliphatic heterocycles. The molecule has 0 aromatic rings. The zero-order valence-corrected chi connectivity index (χ0v) is 35.9. The molecule has 1 N–H and O–H groups in total. The first-order valence-corrected chi connectivity index (χ1v) is 21.8. The first-order valence-electron chi connectivity index (χ1n) is 21.8. The van der Waals surface area contributed by atoms with Gasteiger partial charge >= 0.3 is 17.9 Å². The number of unbranched alkanes of at least 4 members (excludes halogenated alkanes) is 14. The Bertz CT molecular complexity index is 1090. The molecule has 0 aromatic heterocycles. The first kappa shape index (κ1) is 52.0. The van der Waals surface area contributed by atoms with Gasteiger partial charge in [-0.2, -0.15) is 0 Å². The number of aliphatic carboxylic acids is 1. The lowest BCUT2D eigenvalue weighted by Gasteiger charge is -2.31. The number of hydrogen-bond donors (Lipinski definition) is 1. The van der Waals surface area contributed by atoms with Crippen LogP contribution in [0.2, 0.25) is 0 Å². The van der Waals surface area contributed by atoms with Gasteiger partial charge < -0.3 is 23.8 Å². The molecule has 2 unspecified atom stereocenters. The van der Waals surface area contributed by atoms with Gasteiger partial charge in [-0.05, 0) is 70.6 Å². The van der Waals surface area contributed by atoms with E-state index in [1.807, 2.05) is 21.1 Å². The smallest absolute Gasteiger partial charge is 0.362 e. The maximum Gasteiger partial charge on any atom is 0.362 e. The van der Waals surface area contributed by atoms with Gasteiger partial charge in [-0.1, -0.05) is 139 Å². The van der Waals surface area contributed by atoms with Crippen LogP contribution in [0.5, 0.6) is 0 Å². The van der Waals surface area contributed by atoms with Crippen molar-refractivity contribution >= 4 is 17.9 Å². The van der Waals surface area contributed by atoms with Crippen LogP contribution in [0.4, 0.5) is 0 Å². The highest BCUT2D eigenvalue weighted by Gasteiger charge is 2.31. The number of esters is 2. The van der Waals surface area contributed by atoms with Crippen molar-refractivity contribution in [2.45, 2.75) is 180 Å². The number of allylic oxidation sites excluding steroid dienone is 10. The molecule has 0 spiro atoms. The topological polar surface area (TPSA) is 99.1 Å². The predicted octanol–water partition coefficient (Wildman–Crippen LogP) is 11.8. The first-order chi connectivity index (χ1) is 26.6. The molecule has 0 heterocycles. The van der Waals surface area contributed by atoms with Gasteiger partial charge in [0.25, 0.3) is 0 Å². The van der Waals surface area contributed by atoms with Crippen LogP contribution < -0.4 is 0 Å². The van der Waals surface area contributed by atoms with E-state index < -0.39 is 18.1 Å². The molecule has 0 radical (unpaired) electrons. The molecule has 0 aromatic carbocycles. The van der Waals surface area contributed by atoms with E-state index in [0.717, 1.165) is 64.2 Å². The molecule has 2 atom stereocenters. The highest BCUT2D eigenvalue weighted by Crippen LogP contribution is 2.14. The average Bonchev–Trinajstić information content (AvgIpc) is 3.14. The van der Waals surface area contributed by atoms with Crippen molar-refractivity contribution in [3.05, 3.63) is 60.8 Å². The zero-order valence-electron chi connectivity index (χ0n) is 35.9. The van der Waals surface area contributed by atoms with Crippen molar-refractivity contribution < 1.29 is 38.2 Å². The minimum Gasteiger partial charge on any atom is -0.477 e. The summed E-state index contributed by atoms with van der Waals surface area (Å²) >= 11 is 0. The molecule has 0 aliphatic rings. The van der Waals surface area contributed by atoms with Crippen LogP contribution in [-0.4, -0.2) is 80.6 Å². The van der Waals surface area contributed by atoms with Crippen LogP contribution in [0, 0.1) is 0 Å². The van der Waals surface area contributed by atoms with E-state index in [4.69, 9.17) is 14.2 Å². The summed E-state index contributed by atoms with van der Waals surface area (Å²) in [6.07, 6.45) is 45.6. The second-order valence-corrected chi connectivity index (χ2v) is 15.6. The van der Waals surface area contributed by atoms with Gasteiger partial charge in [0.15, 0.2) is 12.1 Å². The highest BCUT2D eigenvalue weighted by molar-refractivity contribution is 5.72. The third kappa shape index (κ3) is 36.4. The number of carboxylic acid groups (broad SMARTS) is 1. The number of likely N-dealkylation sites (N-methyl/N-ethyl adjacent to an activating group) is 1. The van der Waals surface area contributed by atoms with Gasteiger partial charge in [0.1, 0.15) is 6.61 Å². The van der Waals surface area contributed by atoms with Crippen LogP contribution in [0.1, 0.15) is 168 Å². The molecular weight excluding hydrogens is 691 g/mol. The Balaban J connectivity index is 4.28. The van der Waals surface area contributed by atoms with Crippen LogP contribution >= 0.6 is 0 Å². The van der Waals surface area contributed by atoms with E-state index in [9.17, 15) is 19.5 Å². The normalized spacial score (nSPS) is 13.5. The van der Waals surface area contributed by atoms with Gasteiger partial charge in [-0.25, -0.2) is 4.79 Å². The van der Waals surface area contributed by atoms with Crippen molar-refractivity contribution in [3.63, 3.8) is 0 Å². The maximum atomic E-state index is 12.7. The fourth-order valence-corrected chi connectivity index (χ4v) is 6.03. The van der Waals surface area contributed by atoms with Gasteiger partial charge in [-0.3, -0.25) is 9.59 Å². The SMILES string of the molecule is CC/C=C/C/C=C/C/C=C/C/C=C/CCCCCCCCCCCC(=O)OC(COCCC(C(=O)O)[N+](C)(C)C)COC(=O)CCC/C=C/CCCCCC. The van der Waals surface area contributed by atoms with Crippen molar-refractivity contribution in [1.82, 2.24) is 0 Å². The molecule has 0 saturated heterocycles. The molecule has 0 fully saturated rings. The number of carbonyl (C=O) groups is 3. The molecule has 316 valence electrons. The lowest BCUT2D eigenvalue weighted by Crippen LogP contribution is -2.50. The van der Waals surface area contributed by atoms with E-state index in [1.165, 1.54) is 64.2 Å². The third-order valence-electron chi connectivity index (χ3n) is 9.40. The summed E-state index contributed by atoms with van der Waals surface area (Å²) in [5.41, 5.74) is 0. The number of carbonyl (C=O) groups excluding carboxylic acids is 2. The predicted molar refractivity (Wildman–Crippen MR) is 229 cm³/mol. The van der Waals surface area contributed by atoms with Crippen molar-refractivity contribution in [2.75, 3.05) is 41.0 Å². The van der Waals surface area contributed by atoms with Crippen LogP contribution in [-0.2, 0) is 28.6 Å². The summed E-state index contributed by atoms with van der Waals surface area (Å²) in [7, 11) is 5.51. The van der Waals surface area contributed by atoms with Gasteiger partial charge in [0.05, 0.1) is 34.4 Å². The monoisotopic (exact) mass is 773 g/mol. The van der Waals surface area contributed by atoms with E-state index in [2.05, 4.69) is 74.6 Å². The van der Waals surface area contributed by atoms with E-state index in [-0.39, 0.29) is 36.2 Å². The fourth-order valence-electron chi connectivity index (χ4n) is 6.03. The summed E-state index contributed by atoms with van der Waals surface area (Å²) < 4.78 is 17.2. The zero-order chi connectivity index (χ0) is 40.7. The number of carboxylic acids is 1. The highest BCUT2D eigenvalue weighted by atomic mass is 16.6. The van der Waals surface area contributed by atoms with Gasteiger partial charge in [-0.15, -0.1) is 0 Å². The standard InChI is InChI=1S/C47H81NO7/c1-6-8-10-12-14-16-17-18-19-20-21-22-23-24-25-26-27-28-30-32-34-36-38-46(50)55-43(41-53-40-39-44(47(51)52)48(3,4)5)42-54-45(49)37-35-33-31-29-15-13-11-9-7-2/h8,10,14,16,18-19,21-22,29,31,43-44H,6-7,9,11-13,15,17,20,23-28,30,32-42H2,1-5H3/p+1/b10-8+,16-14+,19-18+,22-21+,31-29+. The Kier molecular flexibility index (Phi) is 35.9. The number of quaternary nitrogens is 1. The molecule has 55 heavy (non-hydrogen) atoms. The summed E-state index contributed by atoms with van der Waals surface area (Å²) in [6, 6.07) is -0.620. The lowest BCUT2D eigenvalue weighted by molar-refractivity contribution is -0.887. The van der Waals surface area contributed by atoms with Gasteiger partial charge in [0.2, 0.25) is 0 Å². The minimum atomic E-state index is -0.882. The number of ether oxygens (including phenoxy) is 3. The van der Waals surface area contributed by atoms with Crippen LogP contribution in [0.25, 0.3) is 0 Å². The quantitative estimate of drug-likeness (QED) is 0.0289. The fraction of sp³-hybridized carbons (Fsp3) is 0.723. The lowest BCUT2D eigenvalue weighted by atomic mass is 10.1. The molecule has 8 heteroatoms. The summed E-state index contributed by atoms with van der Waals surface area (Å²) in [4.78, 5) is 36.8. The van der Waals surface area contributed by atoms with Crippen LogP contribution in [0.3, 0.4) is 0 Å². The minimum absolute atomic E-state index is 0.0483. The molecule has 0 rings (SSSR count). The molecule has 0 bridgehead atoms. The average molecular weight is 773 g/mol. The number of hydrogen-bond acceptors (Lipinski definition) is 6. The molecular formula is C47H82NO7+. The van der Waals surface area contributed by atoms with Crippen LogP contribution in [0.15, 0.2) is 60.8 Å². The van der Waals surface area contributed by atoms with Crippen molar-refractivity contribution in [2.24, 2.45) is 0 Å². The number of rotatable bonds is 38.